The van der Waals surface area contributed by atoms with E-state index >= 15 is 0 Å². The first kappa shape index (κ1) is 40.6. The lowest BCUT2D eigenvalue weighted by atomic mass is 9.95. The van der Waals surface area contributed by atoms with E-state index < -0.39 is 0 Å². The smallest absolute Gasteiger partial charge is 0.160 e. The summed E-state index contributed by atoms with van der Waals surface area (Å²) < 4.78 is 4.75. The van der Waals surface area contributed by atoms with Gasteiger partial charge < -0.3 is 9.13 Å². The second kappa shape index (κ2) is 16.9. The fourth-order valence-corrected chi connectivity index (χ4v) is 10.3. The van der Waals surface area contributed by atoms with Crippen molar-refractivity contribution >= 4 is 43.6 Å². The highest BCUT2D eigenvalue weighted by molar-refractivity contribution is 6.13. The van der Waals surface area contributed by atoms with Crippen molar-refractivity contribution in [3.8, 4) is 84.7 Å². The van der Waals surface area contributed by atoms with Crippen molar-refractivity contribution in [3.05, 3.63) is 254 Å². The summed E-state index contributed by atoms with van der Waals surface area (Å²) in [5.74, 6) is 0.651. The summed E-state index contributed by atoms with van der Waals surface area (Å²) in [6.07, 6.45) is 0. The molecule has 0 aliphatic heterocycles. The molecule has 13 aromatic rings. The average molecular weight is 892 g/mol. The maximum absolute atomic E-state index is 10.6. The van der Waals surface area contributed by atoms with Crippen molar-refractivity contribution in [2.75, 3.05) is 0 Å². The summed E-state index contributed by atoms with van der Waals surface area (Å²) in [6.45, 7) is 0. The fourth-order valence-electron chi connectivity index (χ4n) is 10.3. The van der Waals surface area contributed by atoms with Crippen LogP contribution in [0.4, 0.5) is 0 Å². The van der Waals surface area contributed by atoms with Crippen LogP contribution in [0.5, 0.6) is 0 Å². The van der Waals surface area contributed by atoms with E-state index in [9.17, 15) is 5.26 Å². The molecule has 0 amide bonds. The van der Waals surface area contributed by atoms with Crippen LogP contribution in [0.2, 0.25) is 0 Å². The van der Waals surface area contributed by atoms with E-state index in [1.165, 1.54) is 10.9 Å². The second-order valence-electron chi connectivity index (χ2n) is 17.7. The van der Waals surface area contributed by atoms with E-state index in [0.717, 1.165) is 105 Å². The van der Waals surface area contributed by atoms with E-state index in [4.69, 9.17) is 9.97 Å². The Balaban J connectivity index is 1.11. The lowest BCUT2D eigenvalue weighted by Crippen LogP contribution is -2.03. The zero-order valence-corrected chi connectivity index (χ0v) is 37.9. The van der Waals surface area contributed by atoms with Crippen molar-refractivity contribution < 1.29 is 0 Å². The van der Waals surface area contributed by atoms with Crippen molar-refractivity contribution in [1.29, 1.82) is 5.26 Å². The molecule has 0 saturated carbocycles. The van der Waals surface area contributed by atoms with Crippen LogP contribution in [0.3, 0.4) is 0 Å². The molecular weight excluding hydrogens is 851 g/mol. The van der Waals surface area contributed by atoms with Crippen molar-refractivity contribution in [2.24, 2.45) is 0 Å². The number of hydrogen-bond donors (Lipinski definition) is 0. The van der Waals surface area contributed by atoms with Crippen LogP contribution in [0, 0.1) is 11.3 Å². The molecule has 0 bridgehead atoms. The Morgan fingerprint density at radius 2 is 0.757 bits per heavy atom. The third-order valence-electron chi connectivity index (χ3n) is 13.6. The highest BCUT2D eigenvalue weighted by Crippen LogP contribution is 2.44. The molecular formula is C65H41N5. The molecule has 0 unspecified atom stereocenters. The van der Waals surface area contributed by atoms with Crippen LogP contribution in [-0.4, -0.2) is 19.1 Å². The summed E-state index contributed by atoms with van der Waals surface area (Å²) in [5.41, 5.74) is 17.9. The van der Waals surface area contributed by atoms with E-state index in [0.29, 0.717) is 11.4 Å². The lowest BCUT2D eigenvalue weighted by Gasteiger charge is -2.20. The van der Waals surface area contributed by atoms with Crippen molar-refractivity contribution in [2.45, 2.75) is 0 Å². The van der Waals surface area contributed by atoms with Gasteiger partial charge in [0.1, 0.15) is 0 Å². The van der Waals surface area contributed by atoms with Gasteiger partial charge in [0.2, 0.25) is 0 Å². The zero-order chi connectivity index (χ0) is 46.5. The Morgan fingerprint density at radius 3 is 1.31 bits per heavy atom. The Hall–Kier alpha value is -9.63. The number of nitrogens with zero attached hydrogens (tertiary/aromatic N) is 5. The molecule has 3 heterocycles. The molecule has 0 atom stereocenters. The quantitative estimate of drug-likeness (QED) is 0.153. The van der Waals surface area contributed by atoms with Gasteiger partial charge >= 0.3 is 0 Å². The first-order chi connectivity index (χ1) is 34.7. The standard InChI is InChI=1S/C65H41N5/c66-42-43-29-33-53(64(37-43)70-60-28-16-14-26-52(60)55-39-49(31-35-63(55)70)45-19-7-2-8-20-45)56-40-50(58-41-57(46-21-9-3-10-22-46)67-65(68-58)47-23-11-4-12-24-47)32-36-62(56)69-59-27-15-13-25-51(59)54-38-48(30-34-61(54)69)44-17-5-1-6-18-44/h1-41H. The normalized spacial score (nSPS) is 11.4. The Kier molecular flexibility index (Phi) is 9.81. The first-order valence-electron chi connectivity index (χ1n) is 23.5. The van der Waals surface area contributed by atoms with E-state index in [2.05, 4.69) is 215 Å². The molecule has 5 nitrogen and oxygen atoms in total. The molecule has 0 saturated heterocycles. The van der Waals surface area contributed by atoms with Gasteiger partial charge in [0, 0.05) is 49.4 Å². The summed E-state index contributed by atoms with van der Waals surface area (Å²) in [5, 5.41) is 15.2. The molecule has 0 fully saturated rings. The summed E-state index contributed by atoms with van der Waals surface area (Å²) in [7, 11) is 0. The van der Waals surface area contributed by atoms with Gasteiger partial charge in [-0.05, 0) is 89.0 Å². The lowest BCUT2D eigenvalue weighted by molar-refractivity contribution is 1.15. The zero-order valence-electron chi connectivity index (χ0n) is 37.9. The van der Waals surface area contributed by atoms with Gasteiger partial charge in [-0.25, -0.2) is 9.97 Å². The van der Waals surface area contributed by atoms with Crippen LogP contribution in [0.25, 0.3) is 122 Å². The Bertz CT molecular complexity index is 4110. The van der Waals surface area contributed by atoms with Gasteiger partial charge in [0.25, 0.3) is 0 Å². The number of nitriles is 1. The van der Waals surface area contributed by atoms with Gasteiger partial charge in [-0.1, -0.05) is 182 Å². The van der Waals surface area contributed by atoms with Gasteiger partial charge in [0.05, 0.1) is 56.5 Å². The number of fused-ring (bicyclic) bond motifs is 6. The minimum atomic E-state index is 0.574. The van der Waals surface area contributed by atoms with Crippen molar-refractivity contribution in [3.63, 3.8) is 0 Å². The maximum Gasteiger partial charge on any atom is 0.160 e. The van der Waals surface area contributed by atoms with Crippen LogP contribution < -0.4 is 0 Å². The average Bonchev–Trinajstić information content (AvgIpc) is 3.95. The van der Waals surface area contributed by atoms with Crippen molar-refractivity contribution in [1.82, 2.24) is 19.1 Å². The van der Waals surface area contributed by atoms with Crippen LogP contribution >= 0.6 is 0 Å². The number of rotatable bonds is 8. The number of aromatic nitrogens is 4. The summed E-state index contributed by atoms with van der Waals surface area (Å²) in [6, 6.07) is 89.9. The minimum Gasteiger partial charge on any atom is -0.309 e. The third-order valence-corrected chi connectivity index (χ3v) is 13.6. The summed E-state index contributed by atoms with van der Waals surface area (Å²) in [4.78, 5) is 10.5. The molecule has 10 aromatic carbocycles. The maximum atomic E-state index is 10.6. The molecule has 13 rings (SSSR count). The molecule has 0 aliphatic carbocycles. The monoisotopic (exact) mass is 891 g/mol. The molecule has 0 aliphatic rings. The van der Waals surface area contributed by atoms with E-state index in [-0.39, 0.29) is 0 Å². The number of hydrogen-bond acceptors (Lipinski definition) is 3. The minimum absolute atomic E-state index is 0.574. The number of benzene rings is 10. The molecule has 0 radical (unpaired) electrons. The Morgan fingerprint density at radius 1 is 0.300 bits per heavy atom. The van der Waals surface area contributed by atoms with E-state index in [1.54, 1.807) is 0 Å². The molecule has 3 aromatic heterocycles. The molecule has 0 spiro atoms. The van der Waals surface area contributed by atoms with Gasteiger partial charge in [-0.3, -0.25) is 0 Å². The van der Waals surface area contributed by atoms with Gasteiger partial charge in [-0.15, -0.1) is 0 Å². The molecule has 5 heteroatoms. The molecule has 70 heavy (non-hydrogen) atoms. The molecule has 0 N–H and O–H groups in total. The van der Waals surface area contributed by atoms with E-state index in [1.807, 2.05) is 48.5 Å². The van der Waals surface area contributed by atoms with Crippen LogP contribution in [0.1, 0.15) is 5.56 Å². The Labute approximate surface area is 405 Å². The highest BCUT2D eigenvalue weighted by atomic mass is 15.0. The fraction of sp³-hybridized carbons (Fsp3) is 0. The van der Waals surface area contributed by atoms with Crippen LogP contribution in [0.15, 0.2) is 249 Å². The van der Waals surface area contributed by atoms with Gasteiger partial charge in [0.15, 0.2) is 5.82 Å². The topological polar surface area (TPSA) is 59.4 Å². The summed E-state index contributed by atoms with van der Waals surface area (Å²) >= 11 is 0. The predicted molar refractivity (Wildman–Crippen MR) is 288 cm³/mol. The molecule has 326 valence electrons. The SMILES string of the molecule is N#Cc1ccc(-c2cc(-c3cc(-c4ccccc4)nc(-c4ccccc4)n3)ccc2-n2c3ccccc3c3cc(-c4ccccc4)ccc32)c(-n2c3ccccc3c3cc(-c4ccccc4)ccc32)c1. The third kappa shape index (κ3) is 6.94. The second-order valence-corrected chi connectivity index (χ2v) is 17.7. The largest absolute Gasteiger partial charge is 0.309 e. The highest BCUT2D eigenvalue weighted by Gasteiger charge is 2.23. The first-order valence-corrected chi connectivity index (χ1v) is 23.5. The van der Waals surface area contributed by atoms with Crippen LogP contribution in [-0.2, 0) is 0 Å². The number of para-hydroxylation sites is 2. The van der Waals surface area contributed by atoms with Gasteiger partial charge in [-0.2, -0.15) is 5.26 Å². The predicted octanol–water partition coefficient (Wildman–Crippen LogP) is 16.5.